The molecule has 0 unspecified atom stereocenters. The van der Waals surface area contributed by atoms with Crippen LogP contribution in [-0.2, 0) is 12.7 Å². The van der Waals surface area contributed by atoms with E-state index in [4.69, 9.17) is 5.73 Å². The molecule has 1 aliphatic heterocycles. The van der Waals surface area contributed by atoms with Crippen molar-refractivity contribution in [3.05, 3.63) is 41.7 Å². The minimum Gasteiger partial charge on any atom is -0.371 e. The van der Waals surface area contributed by atoms with Gasteiger partial charge in [0.2, 0.25) is 0 Å². The van der Waals surface area contributed by atoms with E-state index in [2.05, 4.69) is 4.98 Å². The Labute approximate surface area is 132 Å². The molecule has 1 saturated heterocycles. The van der Waals surface area contributed by atoms with Crippen molar-refractivity contribution in [2.75, 3.05) is 23.7 Å². The van der Waals surface area contributed by atoms with Gasteiger partial charge in [0.15, 0.2) is 5.95 Å². The zero-order valence-electron chi connectivity index (χ0n) is 12.7. The third-order valence-electron chi connectivity index (χ3n) is 4.20. The molecule has 23 heavy (non-hydrogen) atoms. The summed E-state index contributed by atoms with van der Waals surface area (Å²) in [6, 6.07) is 3.94. The summed E-state index contributed by atoms with van der Waals surface area (Å²) in [4.78, 5) is 6.00. The number of hydrogen-bond donors (Lipinski definition) is 1. The Balaban J connectivity index is 1.98. The minimum atomic E-state index is -4.34. The van der Waals surface area contributed by atoms with Crippen molar-refractivity contribution in [1.29, 1.82) is 0 Å². The van der Waals surface area contributed by atoms with Crippen LogP contribution in [0.2, 0.25) is 0 Å². The highest BCUT2D eigenvalue weighted by molar-refractivity contribution is 5.56. The predicted molar refractivity (Wildman–Crippen MR) is 83.2 cm³/mol. The molecule has 1 aliphatic rings. The lowest BCUT2D eigenvalue weighted by molar-refractivity contribution is -0.137. The Kier molecular flexibility index (Phi) is 4.19. The number of aromatic nitrogens is 2. The lowest BCUT2D eigenvalue weighted by Gasteiger charge is -2.31. The van der Waals surface area contributed by atoms with Crippen molar-refractivity contribution >= 4 is 11.6 Å². The number of rotatable bonds is 3. The molecule has 0 saturated carbocycles. The summed E-state index contributed by atoms with van der Waals surface area (Å²) in [5.74, 6) is 0.356. The standard InChI is InChI=1S/C16H19F3N4/c17-16(18,19)13-5-4-12(11-23-9-6-21-15(23)20)14(10-13)22-7-2-1-3-8-22/h4-6,9-10H,1-3,7-8,11H2,(H2,20,21). The van der Waals surface area contributed by atoms with Gasteiger partial charge in [-0.25, -0.2) is 4.98 Å². The first-order valence-electron chi connectivity index (χ1n) is 7.67. The second kappa shape index (κ2) is 6.14. The van der Waals surface area contributed by atoms with E-state index in [-0.39, 0.29) is 0 Å². The molecule has 2 heterocycles. The molecule has 0 atom stereocenters. The van der Waals surface area contributed by atoms with Gasteiger partial charge in [-0.15, -0.1) is 0 Å². The first kappa shape index (κ1) is 15.7. The maximum absolute atomic E-state index is 13.1. The number of imidazole rings is 1. The van der Waals surface area contributed by atoms with Crippen LogP contribution in [0.1, 0.15) is 30.4 Å². The third kappa shape index (κ3) is 3.43. The van der Waals surface area contributed by atoms with Crippen molar-refractivity contribution in [3.8, 4) is 0 Å². The van der Waals surface area contributed by atoms with Crippen molar-refractivity contribution in [3.63, 3.8) is 0 Å². The molecule has 0 amide bonds. The van der Waals surface area contributed by atoms with Gasteiger partial charge in [0.1, 0.15) is 0 Å². The highest BCUT2D eigenvalue weighted by Crippen LogP contribution is 2.34. The first-order valence-corrected chi connectivity index (χ1v) is 7.67. The van der Waals surface area contributed by atoms with Crippen LogP contribution in [0.25, 0.3) is 0 Å². The number of piperidine rings is 1. The van der Waals surface area contributed by atoms with Crippen LogP contribution in [-0.4, -0.2) is 22.6 Å². The molecule has 0 aliphatic carbocycles. The van der Waals surface area contributed by atoms with E-state index in [1.165, 1.54) is 6.07 Å². The molecule has 3 rings (SSSR count). The second-order valence-electron chi connectivity index (χ2n) is 5.80. The zero-order chi connectivity index (χ0) is 16.4. The van der Waals surface area contributed by atoms with E-state index in [1.807, 2.05) is 4.90 Å². The molecule has 2 aromatic rings. The maximum Gasteiger partial charge on any atom is 0.416 e. The van der Waals surface area contributed by atoms with Crippen LogP contribution in [0.15, 0.2) is 30.6 Å². The fourth-order valence-corrected chi connectivity index (χ4v) is 2.96. The summed E-state index contributed by atoms with van der Waals surface area (Å²) < 4.78 is 40.9. The number of benzene rings is 1. The van der Waals surface area contributed by atoms with Gasteiger partial charge in [0.05, 0.1) is 12.1 Å². The third-order valence-corrected chi connectivity index (χ3v) is 4.20. The summed E-state index contributed by atoms with van der Waals surface area (Å²) in [5, 5.41) is 0. The largest absolute Gasteiger partial charge is 0.416 e. The lowest BCUT2D eigenvalue weighted by Crippen LogP contribution is -2.30. The van der Waals surface area contributed by atoms with Gasteiger partial charge in [0, 0.05) is 31.2 Å². The van der Waals surface area contributed by atoms with Crippen molar-refractivity contribution in [2.45, 2.75) is 32.0 Å². The molecule has 7 heteroatoms. The Bertz CT molecular complexity index is 672. The summed E-state index contributed by atoms with van der Waals surface area (Å²) in [6.07, 6.45) is 2.11. The van der Waals surface area contributed by atoms with Crippen molar-refractivity contribution < 1.29 is 13.2 Å². The average molecular weight is 324 g/mol. The van der Waals surface area contributed by atoms with Crippen LogP contribution in [0.5, 0.6) is 0 Å². The Morgan fingerprint density at radius 1 is 1.13 bits per heavy atom. The molecule has 2 N–H and O–H groups in total. The normalized spacial score (nSPS) is 15.9. The van der Waals surface area contributed by atoms with Crippen LogP contribution in [0, 0.1) is 0 Å². The molecule has 0 bridgehead atoms. The van der Waals surface area contributed by atoms with E-state index in [1.54, 1.807) is 23.0 Å². The van der Waals surface area contributed by atoms with E-state index in [0.717, 1.165) is 44.0 Å². The van der Waals surface area contributed by atoms with Gasteiger partial charge >= 0.3 is 6.18 Å². The van der Waals surface area contributed by atoms with Crippen molar-refractivity contribution in [1.82, 2.24) is 9.55 Å². The van der Waals surface area contributed by atoms with Gasteiger partial charge < -0.3 is 15.2 Å². The monoisotopic (exact) mass is 324 g/mol. The van der Waals surface area contributed by atoms with Crippen molar-refractivity contribution in [2.24, 2.45) is 0 Å². The van der Waals surface area contributed by atoms with Gasteiger partial charge in [-0.1, -0.05) is 6.07 Å². The van der Waals surface area contributed by atoms with E-state index >= 15 is 0 Å². The number of nitrogens with two attached hydrogens (primary N) is 1. The fourth-order valence-electron chi connectivity index (χ4n) is 2.96. The molecule has 1 fully saturated rings. The highest BCUT2D eigenvalue weighted by atomic mass is 19.4. The summed E-state index contributed by atoms with van der Waals surface area (Å²) in [6.45, 7) is 1.98. The SMILES string of the molecule is Nc1nccn1Cc1ccc(C(F)(F)F)cc1N1CCCCC1. The van der Waals surface area contributed by atoms with Crippen LogP contribution in [0.3, 0.4) is 0 Å². The Morgan fingerprint density at radius 3 is 2.48 bits per heavy atom. The van der Waals surface area contributed by atoms with E-state index in [0.29, 0.717) is 18.2 Å². The Hall–Kier alpha value is -2.18. The predicted octanol–water partition coefficient (Wildman–Crippen LogP) is 3.52. The maximum atomic E-state index is 13.1. The van der Waals surface area contributed by atoms with Gasteiger partial charge in [-0.2, -0.15) is 13.2 Å². The number of halogens is 3. The minimum absolute atomic E-state index is 0.356. The molecular formula is C16H19F3N4. The van der Waals surface area contributed by atoms with E-state index < -0.39 is 11.7 Å². The molecule has 1 aromatic heterocycles. The van der Waals surface area contributed by atoms with E-state index in [9.17, 15) is 13.2 Å². The number of alkyl halides is 3. The summed E-state index contributed by atoms with van der Waals surface area (Å²) in [5.41, 5.74) is 6.63. The first-order chi connectivity index (χ1) is 10.9. The van der Waals surface area contributed by atoms with Gasteiger partial charge in [-0.05, 0) is 37.0 Å². The smallest absolute Gasteiger partial charge is 0.371 e. The topological polar surface area (TPSA) is 47.1 Å². The lowest BCUT2D eigenvalue weighted by atomic mass is 10.0. The molecule has 1 aromatic carbocycles. The molecular weight excluding hydrogens is 305 g/mol. The Morgan fingerprint density at radius 2 is 1.87 bits per heavy atom. The summed E-state index contributed by atoms with van der Waals surface area (Å²) >= 11 is 0. The highest BCUT2D eigenvalue weighted by Gasteiger charge is 2.31. The van der Waals surface area contributed by atoms with Gasteiger partial charge in [-0.3, -0.25) is 0 Å². The zero-order valence-corrected chi connectivity index (χ0v) is 12.7. The second-order valence-corrected chi connectivity index (χ2v) is 5.80. The summed E-state index contributed by atoms with van der Waals surface area (Å²) in [7, 11) is 0. The van der Waals surface area contributed by atoms with Crippen LogP contribution in [0.4, 0.5) is 24.8 Å². The molecule has 0 spiro atoms. The quantitative estimate of drug-likeness (QED) is 0.939. The number of nitrogens with zero attached hydrogens (tertiary/aromatic N) is 3. The molecule has 124 valence electrons. The van der Waals surface area contributed by atoms with Gasteiger partial charge in [0.25, 0.3) is 0 Å². The van der Waals surface area contributed by atoms with Crippen LogP contribution >= 0.6 is 0 Å². The molecule has 4 nitrogen and oxygen atoms in total. The molecule has 0 radical (unpaired) electrons. The number of nitrogen functional groups attached to an aromatic ring is 1. The van der Waals surface area contributed by atoms with Crippen LogP contribution < -0.4 is 10.6 Å². The fraction of sp³-hybridized carbons (Fsp3) is 0.438. The number of hydrogen-bond acceptors (Lipinski definition) is 3. The average Bonchev–Trinajstić information content (AvgIpc) is 2.93. The number of anilines is 2.